The number of nitrogens with one attached hydrogen (secondary N) is 1. The Bertz CT molecular complexity index is 681. The number of benzene rings is 2. The van der Waals surface area contributed by atoms with Crippen molar-refractivity contribution in [1.29, 1.82) is 0 Å². The predicted octanol–water partition coefficient (Wildman–Crippen LogP) is 3.14. The van der Waals surface area contributed by atoms with Crippen LogP contribution in [0.15, 0.2) is 48.5 Å². The first-order chi connectivity index (χ1) is 11.0. The summed E-state index contributed by atoms with van der Waals surface area (Å²) < 4.78 is 25.6. The minimum absolute atomic E-state index is 0.141. The highest BCUT2D eigenvalue weighted by atomic mass is 19.1. The fourth-order valence-electron chi connectivity index (χ4n) is 2.15. The van der Waals surface area contributed by atoms with Crippen LogP contribution in [-0.2, 0) is 11.2 Å². The van der Waals surface area contributed by atoms with Crippen LogP contribution in [0.1, 0.15) is 22.8 Å². The molecule has 0 radical (unpaired) electrons. The Labute approximate surface area is 133 Å². The lowest BCUT2D eigenvalue weighted by molar-refractivity contribution is -0.124. The second-order valence-electron chi connectivity index (χ2n) is 5.38. The van der Waals surface area contributed by atoms with Gasteiger partial charge in [-0.25, -0.2) is 8.78 Å². The first-order valence-electron chi connectivity index (χ1n) is 7.26. The summed E-state index contributed by atoms with van der Waals surface area (Å²) in [6.07, 6.45) is 0.455. The molecule has 1 N–H and O–H groups in total. The molecule has 2 aromatic carbocycles. The SMILES string of the molecule is CC(Cc1ccc(F)cc1)C(=O)NCC(=O)c1ccc(F)cc1. The fourth-order valence-corrected chi connectivity index (χ4v) is 2.15. The Hall–Kier alpha value is -2.56. The zero-order valence-corrected chi connectivity index (χ0v) is 12.7. The van der Waals surface area contributed by atoms with Gasteiger partial charge in [0.05, 0.1) is 6.54 Å². The van der Waals surface area contributed by atoms with E-state index in [1.807, 2.05) is 0 Å². The number of hydrogen-bond acceptors (Lipinski definition) is 2. The Balaban J connectivity index is 1.84. The number of ketones is 1. The highest BCUT2D eigenvalue weighted by Crippen LogP contribution is 2.10. The first-order valence-corrected chi connectivity index (χ1v) is 7.26. The molecule has 5 heteroatoms. The van der Waals surface area contributed by atoms with E-state index in [0.717, 1.165) is 5.56 Å². The number of rotatable bonds is 6. The molecule has 0 aromatic heterocycles. The summed E-state index contributed by atoms with van der Waals surface area (Å²) in [5, 5.41) is 2.57. The van der Waals surface area contributed by atoms with Crippen molar-refractivity contribution in [3.63, 3.8) is 0 Å². The number of carbonyl (C=O) groups excluding carboxylic acids is 2. The molecule has 0 spiro atoms. The standard InChI is InChI=1S/C18H17F2NO2/c1-12(10-13-2-6-15(19)7-3-13)18(23)21-11-17(22)14-4-8-16(20)9-5-14/h2-9,12H,10-11H2,1H3,(H,21,23). The molecule has 0 fully saturated rings. The van der Waals surface area contributed by atoms with Gasteiger partial charge >= 0.3 is 0 Å². The molecule has 0 heterocycles. The van der Waals surface area contributed by atoms with E-state index < -0.39 is 5.82 Å². The minimum Gasteiger partial charge on any atom is -0.348 e. The lowest BCUT2D eigenvalue weighted by atomic mass is 10.0. The molecule has 0 saturated carbocycles. The minimum atomic E-state index is -0.418. The number of halogens is 2. The van der Waals surface area contributed by atoms with Crippen molar-refractivity contribution in [2.45, 2.75) is 13.3 Å². The highest BCUT2D eigenvalue weighted by Gasteiger charge is 2.15. The van der Waals surface area contributed by atoms with Gasteiger partial charge in [-0.1, -0.05) is 19.1 Å². The average Bonchev–Trinajstić information content (AvgIpc) is 2.55. The van der Waals surface area contributed by atoms with E-state index in [2.05, 4.69) is 5.32 Å². The second kappa shape index (κ2) is 7.63. The van der Waals surface area contributed by atoms with Gasteiger partial charge in [-0.2, -0.15) is 0 Å². The molecule has 3 nitrogen and oxygen atoms in total. The number of hydrogen-bond donors (Lipinski definition) is 1. The van der Waals surface area contributed by atoms with E-state index >= 15 is 0 Å². The first kappa shape index (κ1) is 16.8. The lowest BCUT2D eigenvalue weighted by Gasteiger charge is -2.12. The maximum Gasteiger partial charge on any atom is 0.223 e. The van der Waals surface area contributed by atoms with Crippen molar-refractivity contribution in [2.75, 3.05) is 6.54 Å². The van der Waals surface area contributed by atoms with Crippen LogP contribution in [0.5, 0.6) is 0 Å². The molecule has 2 aromatic rings. The highest BCUT2D eigenvalue weighted by molar-refractivity contribution is 5.99. The van der Waals surface area contributed by atoms with Gasteiger partial charge in [0.15, 0.2) is 5.78 Å². The van der Waals surface area contributed by atoms with Crippen molar-refractivity contribution in [3.05, 3.63) is 71.3 Å². The monoisotopic (exact) mass is 317 g/mol. The van der Waals surface area contributed by atoms with Crippen molar-refractivity contribution in [2.24, 2.45) is 5.92 Å². The molecule has 0 aliphatic heterocycles. The summed E-state index contributed by atoms with van der Waals surface area (Å²) in [5.74, 6) is -1.63. The average molecular weight is 317 g/mol. The van der Waals surface area contributed by atoms with Gasteiger partial charge in [0.1, 0.15) is 11.6 Å². The van der Waals surface area contributed by atoms with Gasteiger partial charge in [-0.3, -0.25) is 9.59 Å². The smallest absolute Gasteiger partial charge is 0.223 e. The Kier molecular flexibility index (Phi) is 5.57. The van der Waals surface area contributed by atoms with Crippen LogP contribution >= 0.6 is 0 Å². The van der Waals surface area contributed by atoms with Crippen LogP contribution in [0.4, 0.5) is 8.78 Å². The van der Waals surface area contributed by atoms with Gasteiger partial charge in [0, 0.05) is 11.5 Å². The number of Topliss-reactive ketones (excluding diaryl/α,β-unsaturated/α-hetero) is 1. The molecule has 1 atom stereocenters. The van der Waals surface area contributed by atoms with E-state index in [4.69, 9.17) is 0 Å². The zero-order chi connectivity index (χ0) is 16.8. The topological polar surface area (TPSA) is 46.2 Å². The summed E-state index contributed by atoms with van der Waals surface area (Å²) in [6.45, 7) is 1.60. The molecule has 1 unspecified atom stereocenters. The van der Waals surface area contributed by atoms with Crippen LogP contribution in [-0.4, -0.2) is 18.2 Å². The van der Waals surface area contributed by atoms with Crippen LogP contribution < -0.4 is 5.32 Å². The van der Waals surface area contributed by atoms with E-state index in [0.29, 0.717) is 12.0 Å². The molecule has 0 bridgehead atoms. The van der Waals surface area contributed by atoms with Gasteiger partial charge in [-0.15, -0.1) is 0 Å². The molecule has 0 aliphatic carbocycles. The third-order valence-electron chi connectivity index (χ3n) is 3.49. The zero-order valence-electron chi connectivity index (χ0n) is 12.7. The van der Waals surface area contributed by atoms with Gasteiger partial charge < -0.3 is 5.32 Å². The number of amides is 1. The van der Waals surface area contributed by atoms with Crippen molar-refractivity contribution >= 4 is 11.7 Å². The molecule has 120 valence electrons. The summed E-state index contributed by atoms with van der Waals surface area (Å²) in [7, 11) is 0. The van der Waals surface area contributed by atoms with E-state index in [9.17, 15) is 18.4 Å². The molecule has 1 amide bonds. The van der Waals surface area contributed by atoms with Crippen LogP contribution in [0.3, 0.4) is 0 Å². The summed E-state index contributed by atoms with van der Waals surface area (Å²) in [6, 6.07) is 11.1. The maximum absolute atomic E-state index is 12.8. The molecule has 0 aliphatic rings. The van der Waals surface area contributed by atoms with Crippen molar-refractivity contribution in [3.8, 4) is 0 Å². The molecule has 2 rings (SSSR count). The summed E-state index contributed by atoms with van der Waals surface area (Å²) in [5.41, 5.74) is 1.19. The summed E-state index contributed by atoms with van der Waals surface area (Å²) in [4.78, 5) is 23.9. The summed E-state index contributed by atoms with van der Waals surface area (Å²) >= 11 is 0. The van der Waals surface area contributed by atoms with Gasteiger partial charge in [-0.05, 0) is 48.4 Å². The maximum atomic E-state index is 12.8. The quantitative estimate of drug-likeness (QED) is 0.832. The molecular weight excluding hydrogens is 300 g/mol. The van der Waals surface area contributed by atoms with Crippen LogP contribution in [0.25, 0.3) is 0 Å². The molecule has 23 heavy (non-hydrogen) atoms. The van der Waals surface area contributed by atoms with Crippen molar-refractivity contribution in [1.82, 2.24) is 5.32 Å². The van der Waals surface area contributed by atoms with Gasteiger partial charge in [0.2, 0.25) is 5.91 Å². The van der Waals surface area contributed by atoms with E-state index in [1.54, 1.807) is 19.1 Å². The van der Waals surface area contributed by atoms with Gasteiger partial charge in [0.25, 0.3) is 0 Å². The van der Waals surface area contributed by atoms with Crippen molar-refractivity contribution < 1.29 is 18.4 Å². The predicted molar refractivity (Wildman–Crippen MR) is 83.0 cm³/mol. The second-order valence-corrected chi connectivity index (χ2v) is 5.38. The van der Waals surface area contributed by atoms with E-state index in [1.165, 1.54) is 36.4 Å². The third-order valence-corrected chi connectivity index (χ3v) is 3.49. The van der Waals surface area contributed by atoms with E-state index in [-0.39, 0.29) is 30.0 Å². The largest absolute Gasteiger partial charge is 0.348 e. The molecule has 0 saturated heterocycles. The molecular formula is C18H17F2NO2. The Morgan fingerprint density at radius 2 is 1.48 bits per heavy atom. The van der Waals surface area contributed by atoms with Crippen LogP contribution in [0.2, 0.25) is 0 Å². The Morgan fingerprint density at radius 1 is 0.957 bits per heavy atom. The number of carbonyl (C=O) groups is 2. The fraction of sp³-hybridized carbons (Fsp3) is 0.222. The Morgan fingerprint density at radius 3 is 2.04 bits per heavy atom. The van der Waals surface area contributed by atoms with Crippen LogP contribution in [0, 0.1) is 17.6 Å². The normalized spacial score (nSPS) is 11.8. The lowest BCUT2D eigenvalue weighted by Crippen LogP contribution is -2.34. The third kappa shape index (κ3) is 4.98.